The van der Waals surface area contributed by atoms with E-state index in [9.17, 15) is 4.79 Å². The van der Waals surface area contributed by atoms with Crippen molar-refractivity contribution >= 4 is 23.3 Å². The van der Waals surface area contributed by atoms with Crippen molar-refractivity contribution in [1.82, 2.24) is 15.1 Å². The third kappa shape index (κ3) is 4.23. The molecule has 5 nitrogen and oxygen atoms in total. The van der Waals surface area contributed by atoms with E-state index < -0.39 is 0 Å². The Hall–Kier alpha value is -2.01. The van der Waals surface area contributed by atoms with Gasteiger partial charge in [0.1, 0.15) is 0 Å². The normalized spacial score (nSPS) is 12.2. The lowest BCUT2D eigenvalue weighted by molar-refractivity contribution is 0.249. The van der Waals surface area contributed by atoms with Crippen LogP contribution in [0.15, 0.2) is 36.7 Å². The van der Waals surface area contributed by atoms with Crippen LogP contribution in [0, 0.1) is 0 Å². The Morgan fingerprint density at radius 2 is 2.10 bits per heavy atom. The lowest BCUT2D eigenvalue weighted by Gasteiger charge is -2.14. The average molecular weight is 307 g/mol. The number of benzene rings is 1. The van der Waals surface area contributed by atoms with Gasteiger partial charge < -0.3 is 10.6 Å². The summed E-state index contributed by atoms with van der Waals surface area (Å²) in [7, 11) is 0. The summed E-state index contributed by atoms with van der Waals surface area (Å²) in [6.07, 6.45) is 3.43. The summed E-state index contributed by atoms with van der Waals surface area (Å²) in [5.41, 5.74) is 1.62. The summed E-state index contributed by atoms with van der Waals surface area (Å²) in [5, 5.41) is 10.5. The minimum Gasteiger partial charge on any atom is -0.331 e. The molecule has 0 aliphatic rings. The smallest absolute Gasteiger partial charge is 0.319 e. The number of carbonyl (C=O) groups is 1. The van der Waals surface area contributed by atoms with Gasteiger partial charge in [0.05, 0.1) is 17.9 Å². The first-order valence-corrected chi connectivity index (χ1v) is 7.20. The Morgan fingerprint density at radius 3 is 2.71 bits per heavy atom. The molecule has 1 atom stereocenters. The van der Waals surface area contributed by atoms with Gasteiger partial charge in [0.25, 0.3) is 0 Å². The number of nitrogens with one attached hydrogen (secondary N) is 2. The van der Waals surface area contributed by atoms with Gasteiger partial charge in [0.2, 0.25) is 0 Å². The SMILES string of the molecule is CC(C)n1cc(NC(=O)N[C@@H](C)c2cccc(Cl)c2)cn1. The fourth-order valence-electron chi connectivity index (χ4n) is 1.91. The highest BCUT2D eigenvalue weighted by Crippen LogP contribution is 2.17. The molecule has 1 heterocycles. The predicted octanol–water partition coefficient (Wildman–Crippen LogP) is 4.00. The molecule has 21 heavy (non-hydrogen) atoms. The molecule has 2 amide bonds. The minimum absolute atomic E-state index is 0.135. The summed E-state index contributed by atoms with van der Waals surface area (Å²) in [6.45, 7) is 5.96. The molecule has 2 aromatic rings. The Labute approximate surface area is 129 Å². The van der Waals surface area contributed by atoms with E-state index in [4.69, 9.17) is 11.6 Å². The molecule has 0 spiro atoms. The maximum Gasteiger partial charge on any atom is 0.319 e. The molecule has 112 valence electrons. The molecule has 0 saturated heterocycles. The van der Waals surface area contributed by atoms with Crippen LogP contribution in [0.5, 0.6) is 0 Å². The van der Waals surface area contributed by atoms with Gasteiger partial charge in [-0.25, -0.2) is 4.79 Å². The fraction of sp³-hybridized carbons (Fsp3) is 0.333. The third-order valence-electron chi connectivity index (χ3n) is 3.08. The molecule has 0 bridgehead atoms. The molecule has 0 fully saturated rings. The number of amides is 2. The zero-order valence-electron chi connectivity index (χ0n) is 12.3. The Morgan fingerprint density at radius 1 is 1.33 bits per heavy atom. The van der Waals surface area contributed by atoms with E-state index >= 15 is 0 Å². The molecule has 2 rings (SSSR count). The number of hydrogen-bond donors (Lipinski definition) is 2. The average Bonchev–Trinajstić information content (AvgIpc) is 2.87. The highest BCUT2D eigenvalue weighted by atomic mass is 35.5. The highest BCUT2D eigenvalue weighted by Gasteiger charge is 2.11. The number of halogens is 1. The second-order valence-corrected chi connectivity index (χ2v) is 5.61. The van der Waals surface area contributed by atoms with Crippen LogP contribution in [-0.2, 0) is 0 Å². The minimum atomic E-state index is -0.272. The van der Waals surface area contributed by atoms with Gasteiger partial charge >= 0.3 is 6.03 Å². The molecule has 2 N–H and O–H groups in total. The van der Waals surface area contributed by atoms with Crippen LogP contribution in [-0.4, -0.2) is 15.8 Å². The van der Waals surface area contributed by atoms with Crippen molar-refractivity contribution in [1.29, 1.82) is 0 Å². The molecular weight excluding hydrogens is 288 g/mol. The van der Waals surface area contributed by atoms with E-state index in [0.717, 1.165) is 5.56 Å². The number of urea groups is 1. The van der Waals surface area contributed by atoms with Crippen LogP contribution < -0.4 is 10.6 Å². The van der Waals surface area contributed by atoms with E-state index in [1.807, 2.05) is 39.0 Å². The summed E-state index contributed by atoms with van der Waals surface area (Å²) in [6, 6.07) is 7.28. The third-order valence-corrected chi connectivity index (χ3v) is 3.32. The van der Waals surface area contributed by atoms with Crippen molar-refractivity contribution in [3.63, 3.8) is 0 Å². The topological polar surface area (TPSA) is 59.0 Å². The van der Waals surface area contributed by atoms with Crippen molar-refractivity contribution in [2.45, 2.75) is 32.9 Å². The van der Waals surface area contributed by atoms with Crippen molar-refractivity contribution < 1.29 is 4.79 Å². The lowest BCUT2D eigenvalue weighted by atomic mass is 10.1. The van der Waals surface area contributed by atoms with Gasteiger partial charge in [-0.05, 0) is 38.5 Å². The number of hydrogen-bond acceptors (Lipinski definition) is 2. The summed E-state index contributed by atoms with van der Waals surface area (Å²) >= 11 is 5.95. The number of carbonyl (C=O) groups excluding carboxylic acids is 1. The van der Waals surface area contributed by atoms with Crippen LogP contribution in [0.3, 0.4) is 0 Å². The second kappa shape index (κ2) is 6.63. The van der Waals surface area contributed by atoms with E-state index in [1.165, 1.54) is 0 Å². The molecule has 6 heteroatoms. The summed E-state index contributed by atoms with van der Waals surface area (Å²) in [4.78, 5) is 12.0. The molecule has 1 aromatic carbocycles. The van der Waals surface area contributed by atoms with Crippen LogP contribution in [0.4, 0.5) is 10.5 Å². The predicted molar refractivity (Wildman–Crippen MR) is 84.6 cm³/mol. The standard InChI is InChI=1S/C15H19ClN4O/c1-10(2)20-9-14(8-17-20)19-15(21)18-11(3)12-5-4-6-13(16)7-12/h4-11H,1-3H3,(H2,18,19,21)/t11-/m0/s1. The van der Waals surface area contributed by atoms with Crippen molar-refractivity contribution in [2.24, 2.45) is 0 Å². The summed E-state index contributed by atoms with van der Waals surface area (Å²) in [5.74, 6) is 0. The monoisotopic (exact) mass is 306 g/mol. The quantitative estimate of drug-likeness (QED) is 0.897. The number of nitrogens with zero attached hydrogens (tertiary/aromatic N) is 2. The largest absolute Gasteiger partial charge is 0.331 e. The van der Waals surface area contributed by atoms with Gasteiger partial charge in [-0.15, -0.1) is 0 Å². The molecule has 0 radical (unpaired) electrons. The molecule has 0 aliphatic heterocycles. The van der Waals surface area contributed by atoms with Crippen molar-refractivity contribution in [3.05, 3.63) is 47.2 Å². The van der Waals surface area contributed by atoms with Gasteiger partial charge in [-0.1, -0.05) is 23.7 Å². The fourth-order valence-corrected chi connectivity index (χ4v) is 2.11. The van der Waals surface area contributed by atoms with E-state index in [1.54, 1.807) is 23.1 Å². The summed E-state index contributed by atoms with van der Waals surface area (Å²) < 4.78 is 1.79. The zero-order valence-corrected chi connectivity index (χ0v) is 13.1. The zero-order chi connectivity index (χ0) is 15.4. The van der Waals surface area contributed by atoms with Gasteiger partial charge in [0.15, 0.2) is 0 Å². The van der Waals surface area contributed by atoms with E-state index in [0.29, 0.717) is 10.7 Å². The number of rotatable bonds is 4. The van der Waals surface area contributed by atoms with Crippen LogP contribution in [0.2, 0.25) is 5.02 Å². The first-order chi connectivity index (χ1) is 9.95. The Balaban J connectivity index is 1.94. The molecule has 0 aliphatic carbocycles. The second-order valence-electron chi connectivity index (χ2n) is 5.18. The molecule has 0 unspecified atom stereocenters. The van der Waals surface area contributed by atoms with Crippen LogP contribution in [0.1, 0.15) is 38.4 Å². The van der Waals surface area contributed by atoms with Gasteiger partial charge in [-0.2, -0.15) is 5.10 Å². The maximum absolute atomic E-state index is 12.0. The number of aromatic nitrogens is 2. The van der Waals surface area contributed by atoms with Crippen molar-refractivity contribution in [2.75, 3.05) is 5.32 Å². The van der Waals surface area contributed by atoms with Crippen molar-refractivity contribution in [3.8, 4) is 0 Å². The first-order valence-electron chi connectivity index (χ1n) is 6.83. The maximum atomic E-state index is 12.0. The molecule has 0 saturated carbocycles. The highest BCUT2D eigenvalue weighted by molar-refractivity contribution is 6.30. The Bertz CT molecular complexity index is 624. The van der Waals surface area contributed by atoms with E-state index in [-0.39, 0.29) is 18.1 Å². The number of anilines is 1. The van der Waals surface area contributed by atoms with Gasteiger partial charge in [-0.3, -0.25) is 4.68 Å². The molecule has 1 aromatic heterocycles. The van der Waals surface area contributed by atoms with Crippen LogP contribution in [0.25, 0.3) is 0 Å². The first kappa shape index (κ1) is 15.4. The molecular formula is C15H19ClN4O. The Kier molecular flexibility index (Phi) is 4.85. The van der Waals surface area contributed by atoms with Crippen LogP contribution >= 0.6 is 11.6 Å². The van der Waals surface area contributed by atoms with E-state index in [2.05, 4.69) is 15.7 Å². The van der Waals surface area contributed by atoms with Gasteiger partial charge in [0, 0.05) is 17.3 Å². The lowest BCUT2D eigenvalue weighted by Crippen LogP contribution is -2.31.